The van der Waals surface area contributed by atoms with Crippen LogP contribution in [0.3, 0.4) is 0 Å². The van der Waals surface area contributed by atoms with Crippen molar-refractivity contribution in [2.45, 2.75) is 63.6 Å². The van der Waals surface area contributed by atoms with Gasteiger partial charge in [-0.05, 0) is 55.9 Å². The molecule has 9 nitrogen and oxygen atoms in total. The lowest BCUT2D eigenvalue weighted by Crippen LogP contribution is -2.53. The van der Waals surface area contributed by atoms with E-state index in [-0.39, 0.29) is 12.5 Å². The van der Waals surface area contributed by atoms with E-state index in [4.69, 9.17) is 15.2 Å². The van der Waals surface area contributed by atoms with Gasteiger partial charge in [0, 0.05) is 12.5 Å². The van der Waals surface area contributed by atoms with Crippen LogP contribution in [0.15, 0.2) is 48.5 Å². The Morgan fingerprint density at radius 3 is 2.19 bits per heavy atom. The fourth-order valence-corrected chi connectivity index (χ4v) is 5.03. The van der Waals surface area contributed by atoms with Crippen molar-refractivity contribution in [3.8, 4) is 11.1 Å². The summed E-state index contributed by atoms with van der Waals surface area (Å²) in [7, 11) is 0. The minimum atomic E-state index is -1.24. The van der Waals surface area contributed by atoms with E-state index in [1.54, 1.807) is 20.8 Å². The molecule has 1 saturated heterocycles. The second kappa shape index (κ2) is 10.6. The number of fused-ring (bicyclic) bond motifs is 3. The summed E-state index contributed by atoms with van der Waals surface area (Å²) >= 11 is 0. The number of nitrogens with one attached hydrogen (secondary N) is 1. The molecule has 9 heteroatoms. The number of nitrogens with zero attached hydrogens (tertiary/aromatic N) is 1. The van der Waals surface area contributed by atoms with E-state index in [1.807, 2.05) is 36.4 Å². The second-order valence-electron chi connectivity index (χ2n) is 10.4. The Kier molecular flexibility index (Phi) is 7.52. The van der Waals surface area contributed by atoms with Gasteiger partial charge in [0.2, 0.25) is 11.8 Å². The third-order valence-electron chi connectivity index (χ3n) is 6.56. The lowest BCUT2D eigenvalue weighted by Gasteiger charge is -2.29. The van der Waals surface area contributed by atoms with Crippen molar-refractivity contribution in [3.05, 3.63) is 59.7 Å². The fraction of sp³-hybridized carbons (Fsp3) is 0.429. The third-order valence-corrected chi connectivity index (χ3v) is 6.56. The average Bonchev–Trinajstić information content (AvgIpc) is 3.44. The standard InChI is InChI=1S/C28H33N3O6/c1-28(2,3)37-27(35)30-22(15-24(29)32)25(33)31-14-8-13-23(31)26(34)36-16-21-19-11-6-4-9-17(19)18-10-5-7-12-20(18)21/h4-7,9-12,21-23H,8,13-16H2,1-3H3,(H2,29,32)(H,30,35). The van der Waals surface area contributed by atoms with Crippen LogP contribution >= 0.6 is 0 Å². The van der Waals surface area contributed by atoms with E-state index in [0.717, 1.165) is 22.3 Å². The Bertz CT molecular complexity index is 1160. The van der Waals surface area contributed by atoms with Gasteiger partial charge in [-0.3, -0.25) is 9.59 Å². The van der Waals surface area contributed by atoms with E-state index in [1.165, 1.54) is 4.90 Å². The molecule has 3 amide bonds. The minimum absolute atomic E-state index is 0.0988. The highest BCUT2D eigenvalue weighted by molar-refractivity contribution is 5.93. The van der Waals surface area contributed by atoms with E-state index in [9.17, 15) is 19.2 Å². The molecule has 2 unspecified atom stereocenters. The highest BCUT2D eigenvalue weighted by Crippen LogP contribution is 2.44. The van der Waals surface area contributed by atoms with Gasteiger partial charge in [0.15, 0.2) is 0 Å². The number of likely N-dealkylation sites (tertiary alicyclic amines) is 1. The molecule has 2 aliphatic rings. The number of esters is 1. The van der Waals surface area contributed by atoms with Crippen LogP contribution < -0.4 is 11.1 Å². The molecule has 0 radical (unpaired) electrons. The number of ether oxygens (including phenoxy) is 2. The Balaban J connectivity index is 1.45. The summed E-state index contributed by atoms with van der Waals surface area (Å²) < 4.78 is 11.0. The van der Waals surface area contributed by atoms with Crippen molar-refractivity contribution in [3.63, 3.8) is 0 Å². The van der Waals surface area contributed by atoms with Gasteiger partial charge >= 0.3 is 12.1 Å². The highest BCUT2D eigenvalue weighted by atomic mass is 16.6. The van der Waals surface area contributed by atoms with Crippen molar-refractivity contribution in [2.75, 3.05) is 13.2 Å². The summed E-state index contributed by atoms with van der Waals surface area (Å²) in [5.74, 6) is -1.94. The van der Waals surface area contributed by atoms with Gasteiger partial charge in [0.25, 0.3) is 0 Å². The number of primary amides is 1. The van der Waals surface area contributed by atoms with Crippen LogP contribution in [0.5, 0.6) is 0 Å². The van der Waals surface area contributed by atoms with Crippen LogP contribution in [0.4, 0.5) is 4.79 Å². The molecule has 1 fully saturated rings. The predicted octanol–water partition coefficient (Wildman–Crippen LogP) is 3.10. The number of hydrogen-bond acceptors (Lipinski definition) is 6. The van der Waals surface area contributed by atoms with Crippen LogP contribution in [0, 0.1) is 0 Å². The quantitative estimate of drug-likeness (QED) is 0.555. The summed E-state index contributed by atoms with van der Waals surface area (Å²) in [6, 6.07) is 14.0. The van der Waals surface area contributed by atoms with Crippen molar-refractivity contribution < 1.29 is 28.7 Å². The molecule has 0 saturated carbocycles. The van der Waals surface area contributed by atoms with E-state index >= 15 is 0 Å². The smallest absolute Gasteiger partial charge is 0.408 e. The lowest BCUT2D eigenvalue weighted by atomic mass is 9.98. The van der Waals surface area contributed by atoms with Crippen molar-refractivity contribution in [2.24, 2.45) is 5.73 Å². The van der Waals surface area contributed by atoms with E-state index in [2.05, 4.69) is 17.4 Å². The number of carbonyl (C=O) groups excluding carboxylic acids is 4. The van der Waals surface area contributed by atoms with Crippen molar-refractivity contribution in [1.82, 2.24) is 10.2 Å². The summed E-state index contributed by atoms with van der Waals surface area (Å²) in [6.45, 7) is 5.51. The normalized spacial score (nSPS) is 17.5. The van der Waals surface area contributed by atoms with Gasteiger partial charge < -0.3 is 25.4 Å². The second-order valence-corrected chi connectivity index (χ2v) is 10.4. The monoisotopic (exact) mass is 507 g/mol. The number of nitrogens with two attached hydrogens (primary N) is 1. The Hall–Kier alpha value is -3.88. The van der Waals surface area contributed by atoms with Gasteiger partial charge in [-0.25, -0.2) is 9.59 Å². The fourth-order valence-electron chi connectivity index (χ4n) is 5.03. The molecule has 2 aromatic carbocycles. The van der Waals surface area contributed by atoms with Gasteiger partial charge in [0.1, 0.15) is 24.3 Å². The molecular formula is C28H33N3O6. The first kappa shape index (κ1) is 26.2. The SMILES string of the molecule is CC(C)(C)OC(=O)NC(CC(N)=O)C(=O)N1CCCC1C(=O)OCC1c2ccccc2-c2ccccc21. The molecule has 1 heterocycles. The maximum absolute atomic E-state index is 13.3. The number of rotatable bonds is 7. The maximum atomic E-state index is 13.3. The molecule has 0 spiro atoms. The molecule has 196 valence electrons. The number of benzene rings is 2. The first-order chi connectivity index (χ1) is 17.5. The summed E-state index contributed by atoms with van der Waals surface area (Å²) in [5, 5.41) is 2.43. The van der Waals surface area contributed by atoms with Gasteiger partial charge in [-0.2, -0.15) is 0 Å². The molecule has 0 bridgehead atoms. The maximum Gasteiger partial charge on any atom is 0.408 e. The molecule has 0 aromatic heterocycles. The van der Waals surface area contributed by atoms with Crippen molar-refractivity contribution in [1.29, 1.82) is 0 Å². The zero-order valence-electron chi connectivity index (χ0n) is 21.4. The first-order valence-corrected chi connectivity index (χ1v) is 12.5. The first-order valence-electron chi connectivity index (χ1n) is 12.5. The molecule has 1 aliphatic heterocycles. The van der Waals surface area contributed by atoms with Crippen LogP contribution in [0.2, 0.25) is 0 Å². The van der Waals surface area contributed by atoms with Crippen LogP contribution in [-0.2, 0) is 23.9 Å². The van der Waals surface area contributed by atoms with Crippen LogP contribution in [-0.4, -0.2) is 59.6 Å². The lowest BCUT2D eigenvalue weighted by molar-refractivity contribution is -0.154. The van der Waals surface area contributed by atoms with Gasteiger partial charge in [-0.15, -0.1) is 0 Å². The number of amides is 3. The molecule has 37 heavy (non-hydrogen) atoms. The third kappa shape index (κ3) is 5.93. The summed E-state index contributed by atoms with van der Waals surface area (Å²) in [6.07, 6.45) is -0.232. The Labute approximate surface area is 216 Å². The average molecular weight is 508 g/mol. The van der Waals surface area contributed by atoms with Gasteiger partial charge in [0.05, 0.1) is 6.42 Å². The van der Waals surface area contributed by atoms with Crippen molar-refractivity contribution >= 4 is 23.9 Å². The molecular weight excluding hydrogens is 474 g/mol. The zero-order valence-corrected chi connectivity index (χ0v) is 21.4. The topological polar surface area (TPSA) is 128 Å². The van der Waals surface area contributed by atoms with Gasteiger partial charge in [-0.1, -0.05) is 48.5 Å². The highest BCUT2D eigenvalue weighted by Gasteiger charge is 2.40. The Morgan fingerprint density at radius 2 is 1.62 bits per heavy atom. The van der Waals surface area contributed by atoms with Crippen LogP contribution in [0.25, 0.3) is 11.1 Å². The van der Waals surface area contributed by atoms with E-state index < -0.39 is 48.0 Å². The molecule has 1 aliphatic carbocycles. The largest absolute Gasteiger partial charge is 0.463 e. The van der Waals surface area contributed by atoms with E-state index in [0.29, 0.717) is 19.4 Å². The number of alkyl carbamates (subject to hydrolysis) is 1. The molecule has 2 atom stereocenters. The zero-order chi connectivity index (χ0) is 26.7. The number of carbonyl (C=O) groups is 4. The number of hydrogen-bond donors (Lipinski definition) is 2. The predicted molar refractivity (Wildman–Crippen MR) is 136 cm³/mol. The molecule has 3 N–H and O–H groups in total. The summed E-state index contributed by atoms with van der Waals surface area (Å²) in [4.78, 5) is 51.8. The summed E-state index contributed by atoms with van der Waals surface area (Å²) in [5.41, 5.74) is 8.98. The molecule has 2 aromatic rings. The molecule has 4 rings (SSSR count). The minimum Gasteiger partial charge on any atom is -0.463 e. The van der Waals surface area contributed by atoms with Crippen LogP contribution in [0.1, 0.15) is 57.1 Å². The Morgan fingerprint density at radius 1 is 1.03 bits per heavy atom.